The number of thiophene rings is 1. The van der Waals surface area contributed by atoms with Gasteiger partial charge in [-0.3, -0.25) is 10.1 Å². The Labute approximate surface area is 208 Å². The highest BCUT2D eigenvalue weighted by atomic mass is 32.1. The Hall–Kier alpha value is -3.39. The van der Waals surface area contributed by atoms with E-state index < -0.39 is 0 Å². The maximum Gasteiger partial charge on any atom is 0.195 e. The van der Waals surface area contributed by atoms with Gasteiger partial charge in [-0.25, -0.2) is 0 Å². The number of hydrogen-bond donors (Lipinski definition) is 3. The van der Waals surface area contributed by atoms with Gasteiger partial charge in [0.1, 0.15) is 23.5 Å². The van der Waals surface area contributed by atoms with Crippen molar-refractivity contribution in [1.82, 2.24) is 5.32 Å². The van der Waals surface area contributed by atoms with Crippen LogP contribution in [0.1, 0.15) is 36.7 Å². The van der Waals surface area contributed by atoms with E-state index in [1.54, 1.807) is 66.7 Å². The van der Waals surface area contributed by atoms with Gasteiger partial charge in [0.15, 0.2) is 5.78 Å². The molecule has 182 valence electrons. The Morgan fingerprint density at radius 3 is 2.34 bits per heavy atom. The van der Waals surface area contributed by atoms with Gasteiger partial charge in [-0.2, -0.15) is 0 Å². The van der Waals surface area contributed by atoms with E-state index in [2.05, 4.69) is 5.32 Å². The molecule has 0 amide bonds. The topological polar surface area (TPSA) is 88.0 Å². The van der Waals surface area contributed by atoms with Crippen LogP contribution in [0.4, 0.5) is 0 Å². The van der Waals surface area contributed by atoms with E-state index in [0.29, 0.717) is 30.1 Å². The molecule has 2 unspecified atom stereocenters. The molecule has 0 spiro atoms. The molecule has 0 radical (unpaired) electrons. The van der Waals surface area contributed by atoms with E-state index >= 15 is 0 Å². The predicted octanol–water partition coefficient (Wildman–Crippen LogP) is 5.95. The molecule has 1 heterocycles. The third-order valence-corrected chi connectivity index (χ3v) is 6.75. The SMILES string of the molecule is CCOCC(C)NC(C)Oc1ccc(C(=O)c2c(-c3ccc(O)cc3)sc3cc(O)ccc23)cc1. The number of ether oxygens (including phenoxy) is 2. The number of carbonyl (C=O) groups excluding carboxylic acids is 1. The summed E-state index contributed by atoms with van der Waals surface area (Å²) < 4.78 is 12.2. The van der Waals surface area contributed by atoms with Crippen molar-refractivity contribution in [2.24, 2.45) is 0 Å². The normalized spacial score (nSPS) is 13.0. The Morgan fingerprint density at radius 1 is 0.971 bits per heavy atom. The molecule has 0 bridgehead atoms. The van der Waals surface area contributed by atoms with Crippen LogP contribution in [0.3, 0.4) is 0 Å². The second-order valence-corrected chi connectivity index (χ2v) is 9.43. The summed E-state index contributed by atoms with van der Waals surface area (Å²) in [6.07, 6.45) is -0.221. The Morgan fingerprint density at radius 2 is 1.66 bits per heavy atom. The lowest BCUT2D eigenvalue weighted by Crippen LogP contribution is -2.40. The van der Waals surface area contributed by atoms with Crippen LogP contribution in [0.15, 0.2) is 66.7 Å². The van der Waals surface area contributed by atoms with Gasteiger partial charge in [-0.1, -0.05) is 0 Å². The summed E-state index contributed by atoms with van der Waals surface area (Å²) in [4.78, 5) is 14.5. The van der Waals surface area contributed by atoms with Crippen LogP contribution < -0.4 is 10.1 Å². The van der Waals surface area contributed by atoms with E-state index in [1.165, 1.54) is 11.3 Å². The van der Waals surface area contributed by atoms with Gasteiger partial charge in [0, 0.05) is 38.7 Å². The number of carbonyl (C=O) groups is 1. The van der Waals surface area contributed by atoms with E-state index in [1.807, 2.05) is 20.8 Å². The zero-order valence-corrected chi connectivity index (χ0v) is 20.8. The maximum absolute atomic E-state index is 13.7. The number of phenolic OH excluding ortho intramolecular Hbond substituents is 2. The Balaban J connectivity index is 1.59. The van der Waals surface area contributed by atoms with Gasteiger partial charge >= 0.3 is 0 Å². The molecule has 35 heavy (non-hydrogen) atoms. The van der Waals surface area contributed by atoms with Crippen LogP contribution in [0.2, 0.25) is 0 Å². The summed E-state index contributed by atoms with van der Waals surface area (Å²) in [6, 6.07) is 19.0. The van der Waals surface area contributed by atoms with Crippen molar-refractivity contribution in [1.29, 1.82) is 0 Å². The molecule has 0 saturated carbocycles. The minimum atomic E-state index is -0.221. The zero-order valence-electron chi connectivity index (χ0n) is 19.9. The monoisotopic (exact) mass is 491 g/mol. The van der Waals surface area contributed by atoms with Gasteiger partial charge in [-0.15, -0.1) is 11.3 Å². The van der Waals surface area contributed by atoms with Crippen LogP contribution in [-0.2, 0) is 4.74 Å². The van der Waals surface area contributed by atoms with E-state index in [-0.39, 0.29) is 29.6 Å². The van der Waals surface area contributed by atoms with Crippen LogP contribution >= 0.6 is 11.3 Å². The summed E-state index contributed by atoms with van der Waals surface area (Å²) in [7, 11) is 0. The van der Waals surface area contributed by atoms with Gasteiger partial charge in [0.25, 0.3) is 0 Å². The first-order chi connectivity index (χ1) is 16.9. The molecule has 0 saturated heterocycles. The molecule has 0 aliphatic heterocycles. The molecule has 4 rings (SSSR count). The third-order valence-electron chi connectivity index (χ3n) is 5.55. The van der Waals surface area contributed by atoms with E-state index in [4.69, 9.17) is 9.47 Å². The molecular weight excluding hydrogens is 462 g/mol. The molecule has 1 aromatic heterocycles. The fraction of sp³-hybridized carbons (Fsp3) is 0.250. The van der Waals surface area contributed by atoms with Crippen molar-refractivity contribution in [3.8, 4) is 27.7 Å². The molecule has 2 atom stereocenters. The van der Waals surface area contributed by atoms with Crippen molar-refractivity contribution in [3.63, 3.8) is 0 Å². The second kappa shape index (κ2) is 10.9. The lowest BCUT2D eigenvalue weighted by molar-refractivity contribution is 0.0975. The third kappa shape index (κ3) is 5.82. The summed E-state index contributed by atoms with van der Waals surface area (Å²) in [5.74, 6) is 0.846. The fourth-order valence-electron chi connectivity index (χ4n) is 3.94. The molecule has 0 fully saturated rings. The lowest BCUT2D eigenvalue weighted by Gasteiger charge is -2.21. The molecule has 3 aromatic carbocycles. The minimum Gasteiger partial charge on any atom is -0.508 e. The standard InChI is InChI=1S/C28H29NO5S/c1-4-33-16-17(2)29-18(3)34-23-12-7-19(8-13-23)27(32)26-24-14-11-22(31)15-25(24)35-28(26)20-5-9-21(30)10-6-20/h5-15,17-18,29-31H,4,16H2,1-3H3. The van der Waals surface area contributed by atoms with Crippen LogP contribution in [0.5, 0.6) is 17.2 Å². The van der Waals surface area contributed by atoms with Crippen LogP contribution in [0.25, 0.3) is 20.5 Å². The van der Waals surface area contributed by atoms with E-state index in [9.17, 15) is 15.0 Å². The number of ketones is 1. The Bertz CT molecular complexity index is 1300. The van der Waals surface area contributed by atoms with Crippen molar-refractivity contribution in [3.05, 3.63) is 77.9 Å². The maximum atomic E-state index is 13.7. The summed E-state index contributed by atoms with van der Waals surface area (Å²) in [5.41, 5.74) is 1.94. The van der Waals surface area contributed by atoms with Crippen molar-refractivity contribution in [2.45, 2.75) is 33.0 Å². The Kier molecular flexibility index (Phi) is 7.70. The average molecular weight is 492 g/mol. The van der Waals surface area contributed by atoms with Gasteiger partial charge in [0.05, 0.1) is 6.61 Å². The fourth-order valence-corrected chi connectivity index (χ4v) is 5.18. The number of benzene rings is 3. The van der Waals surface area contributed by atoms with Gasteiger partial charge in [-0.05, 0) is 93.1 Å². The molecule has 6 nitrogen and oxygen atoms in total. The molecule has 3 N–H and O–H groups in total. The average Bonchev–Trinajstić information content (AvgIpc) is 3.21. The van der Waals surface area contributed by atoms with Gasteiger partial charge in [0.2, 0.25) is 0 Å². The summed E-state index contributed by atoms with van der Waals surface area (Å²) in [5, 5.41) is 23.8. The van der Waals surface area contributed by atoms with Crippen molar-refractivity contribution in [2.75, 3.05) is 13.2 Å². The van der Waals surface area contributed by atoms with E-state index in [0.717, 1.165) is 20.5 Å². The van der Waals surface area contributed by atoms with Crippen molar-refractivity contribution < 1.29 is 24.5 Å². The zero-order chi connectivity index (χ0) is 24.9. The highest BCUT2D eigenvalue weighted by Crippen LogP contribution is 2.41. The number of rotatable bonds is 10. The number of fused-ring (bicyclic) bond motifs is 1. The predicted molar refractivity (Wildman–Crippen MR) is 140 cm³/mol. The molecule has 0 aliphatic carbocycles. The minimum absolute atomic E-state index is 0.118. The van der Waals surface area contributed by atoms with Crippen LogP contribution in [-0.4, -0.2) is 41.5 Å². The first-order valence-electron chi connectivity index (χ1n) is 11.6. The summed E-state index contributed by atoms with van der Waals surface area (Å²) >= 11 is 1.44. The highest BCUT2D eigenvalue weighted by molar-refractivity contribution is 7.22. The molecule has 7 heteroatoms. The first kappa shape index (κ1) is 24.7. The van der Waals surface area contributed by atoms with Crippen molar-refractivity contribution >= 4 is 27.2 Å². The number of hydrogen-bond acceptors (Lipinski definition) is 7. The highest BCUT2D eigenvalue weighted by Gasteiger charge is 2.22. The molecular formula is C28H29NO5S. The number of phenols is 2. The largest absolute Gasteiger partial charge is 0.508 e. The second-order valence-electron chi connectivity index (χ2n) is 8.37. The molecule has 4 aromatic rings. The molecule has 0 aliphatic rings. The van der Waals surface area contributed by atoms with Crippen LogP contribution in [0, 0.1) is 0 Å². The first-order valence-corrected chi connectivity index (χ1v) is 12.4. The number of aromatic hydroxyl groups is 2. The quantitative estimate of drug-likeness (QED) is 0.188. The van der Waals surface area contributed by atoms with Gasteiger partial charge < -0.3 is 19.7 Å². The summed E-state index contributed by atoms with van der Waals surface area (Å²) in [6.45, 7) is 7.21. The lowest BCUT2D eigenvalue weighted by atomic mass is 9.97. The smallest absolute Gasteiger partial charge is 0.195 e. The number of nitrogens with one attached hydrogen (secondary N) is 1.